The SMILES string of the molecule is COC(=O)c1cc(O)cc(C(=O)N2CCc3oc(CCc4ccccc4)nc3C2)c1. The summed E-state index contributed by atoms with van der Waals surface area (Å²) in [7, 11) is 1.25. The first kappa shape index (κ1) is 19.7. The zero-order chi connectivity index (χ0) is 21.1. The highest BCUT2D eigenvalue weighted by molar-refractivity contribution is 5.98. The summed E-state index contributed by atoms with van der Waals surface area (Å²) in [5, 5.41) is 9.89. The van der Waals surface area contributed by atoms with Crippen LogP contribution in [-0.4, -0.2) is 40.5 Å². The molecular formula is C23H22N2O5. The average molecular weight is 406 g/mol. The van der Waals surface area contributed by atoms with Crippen molar-refractivity contribution in [1.82, 2.24) is 9.88 Å². The summed E-state index contributed by atoms with van der Waals surface area (Å²) in [5.41, 5.74) is 2.33. The van der Waals surface area contributed by atoms with E-state index in [1.54, 1.807) is 4.90 Å². The molecule has 1 aliphatic rings. The number of methoxy groups -OCH3 is 1. The number of oxazole rings is 1. The highest BCUT2D eigenvalue weighted by Gasteiger charge is 2.27. The molecule has 2 aromatic carbocycles. The van der Waals surface area contributed by atoms with Gasteiger partial charge in [0.2, 0.25) is 0 Å². The predicted octanol–water partition coefficient (Wildman–Crippen LogP) is 3.15. The molecule has 0 aliphatic carbocycles. The second-order valence-electron chi connectivity index (χ2n) is 7.20. The molecule has 1 aliphatic heterocycles. The smallest absolute Gasteiger partial charge is 0.338 e. The van der Waals surface area contributed by atoms with Crippen molar-refractivity contribution >= 4 is 11.9 Å². The molecule has 2 heterocycles. The van der Waals surface area contributed by atoms with Crippen molar-refractivity contribution in [3.63, 3.8) is 0 Å². The molecular weight excluding hydrogens is 384 g/mol. The summed E-state index contributed by atoms with van der Waals surface area (Å²) >= 11 is 0. The lowest BCUT2D eigenvalue weighted by Gasteiger charge is -2.25. The van der Waals surface area contributed by atoms with Gasteiger partial charge < -0.3 is 19.2 Å². The van der Waals surface area contributed by atoms with E-state index in [0.717, 1.165) is 17.9 Å². The summed E-state index contributed by atoms with van der Waals surface area (Å²) < 4.78 is 10.6. The quantitative estimate of drug-likeness (QED) is 0.655. The third kappa shape index (κ3) is 4.20. The second-order valence-corrected chi connectivity index (χ2v) is 7.20. The minimum Gasteiger partial charge on any atom is -0.508 e. The van der Waals surface area contributed by atoms with E-state index in [0.29, 0.717) is 31.8 Å². The number of phenols is 1. The Balaban J connectivity index is 1.46. The molecule has 0 saturated carbocycles. The minimum atomic E-state index is -0.611. The van der Waals surface area contributed by atoms with Crippen LogP contribution in [0.25, 0.3) is 0 Å². The molecule has 0 atom stereocenters. The molecule has 0 fully saturated rings. The number of esters is 1. The Hall–Kier alpha value is -3.61. The van der Waals surface area contributed by atoms with Crippen LogP contribution >= 0.6 is 0 Å². The Bertz CT molecular complexity index is 1070. The second kappa shape index (κ2) is 8.41. The normalized spacial score (nSPS) is 13.0. The van der Waals surface area contributed by atoms with Crippen LogP contribution in [0.4, 0.5) is 0 Å². The Morgan fingerprint density at radius 3 is 2.67 bits per heavy atom. The number of nitrogens with zero attached hydrogens (tertiary/aromatic N) is 2. The summed E-state index contributed by atoms with van der Waals surface area (Å²) in [5.74, 6) is 0.427. The molecule has 1 amide bonds. The van der Waals surface area contributed by atoms with E-state index in [4.69, 9.17) is 4.42 Å². The van der Waals surface area contributed by atoms with Crippen LogP contribution in [0.1, 0.15) is 43.6 Å². The van der Waals surface area contributed by atoms with Crippen molar-refractivity contribution in [2.45, 2.75) is 25.8 Å². The van der Waals surface area contributed by atoms with Gasteiger partial charge in [0.05, 0.1) is 19.2 Å². The van der Waals surface area contributed by atoms with Gasteiger partial charge in [-0.3, -0.25) is 4.79 Å². The number of hydrogen-bond donors (Lipinski definition) is 1. The Morgan fingerprint density at radius 1 is 1.13 bits per heavy atom. The predicted molar refractivity (Wildman–Crippen MR) is 108 cm³/mol. The first-order valence-corrected chi connectivity index (χ1v) is 9.76. The zero-order valence-corrected chi connectivity index (χ0v) is 16.6. The number of amides is 1. The molecule has 4 rings (SSSR count). The van der Waals surface area contributed by atoms with Crippen LogP contribution in [0, 0.1) is 0 Å². The number of ether oxygens (including phenoxy) is 1. The highest BCUT2D eigenvalue weighted by Crippen LogP contribution is 2.24. The topological polar surface area (TPSA) is 92.9 Å². The fraction of sp³-hybridized carbons (Fsp3) is 0.261. The number of hydrogen-bond acceptors (Lipinski definition) is 6. The summed E-state index contributed by atoms with van der Waals surface area (Å²) in [6, 6.07) is 14.2. The maximum Gasteiger partial charge on any atom is 0.338 e. The molecule has 0 unspecified atom stereocenters. The number of aryl methyl sites for hydroxylation is 2. The maximum atomic E-state index is 12.9. The number of benzene rings is 2. The highest BCUT2D eigenvalue weighted by atomic mass is 16.5. The molecule has 0 bridgehead atoms. The Labute approximate surface area is 173 Å². The summed E-state index contributed by atoms with van der Waals surface area (Å²) in [6.45, 7) is 0.800. The van der Waals surface area contributed by atoms with Gasteiger partial charge in [0.1, 0.15) is 17.2 Å². The largest absolute Gasteiger partial charge is 0.508 e. The first-order chi connectivity index (χ1) is 14.5. The van der Waals surface area contributed by atoms with E-state index in [1.165, 1.54) is 30.9 Å². The first-order valence-electron chi connectivity index (χ1n) is 9.76. The van der Waals surface area contributed by atoms with Crippen molar-refractivity contribution in [3.05, 3.63) is 82.6 Å². The van der Waals surface area contributed by atoms with Gasteiger partial charge in [-0.1, -0.05) is 30.3 Å². The zero-order valence-electron chi connectivity index (χ0n) is 16.6. The van der Waals surface area contributed by atoms with E-state index in [9.17, 15) is 14.7 Å². The third-order valence-corrected chi connectivity index (χ3v) is 5.12. The average Bonchev–Trinajstić information content (AvgIpc) is 3.19. The Morgan fingerprint density at radius 2 is 1.90 bits per heavy atom. The van der Waals surface area contributed by atoms with Crippen LogP contribution in [0.2, 0.25) is 0 Å². The van der Waals surface area contributed by atoms with Gasteiger partial charge in [-0.2, -0.15) is 0 Å². The summed E-state index contributed by atoms with van der Waals surface area (Å²) in [4.78, 5) is 30.9. The fourth-order valence-corrected chi connectivity index (χ4v) is 3.58. The van der Waals surface area contributed by atoms with Crippen molar-refractivity contribution in [2.24, 2.45) is 0 Å². The Kier molecular flexibility index (Phi) is 5.52. The monoisotopic (exact) mass is 406 g/mol. The number of carbonyl (C=O) groups excluding carboxylic acids is 2. The van der Waals surface area contributed by atoms with Gasteiger partial charge in [0, 0.05) is 24.9 Å². The van der Waals surface area contributed by atoms with E-state index >= 15 is 0 Å². The molecule has 30 heavy (non-hydrogen) atoms. The standard InChI is InChI=1S/C23H22N2O5/c1-29-23(28)17-11-16(12-18(26)13-17)22(27)25-10-9-20-19(14-25)24-21(30-20)8-7-15-5-3-2-4-6-15/h2-6,11-13,26H,7-10,14H2,1H3. The molecule has 7 nitrogen and oxygen atoms in total. The number of aromatic hydroxyl groups is 1. The summed E-state index contributed by atoms with van der Waals surface area (Å²) in [6.07, 6.45) is 2.10. The molecule has 1 N–H and O–H groups in total. The van der Waals surface area contributed by atoms with Crippen molar-refractivity contribution in [3.8, 4) is 5.75 Å². The molecule has 154 valence electrons. The van der Waals surface area contributed by atoms with Crippen molar-refractivity contribution < 1.29 is 23.8 Å². The minimum absolute atomic E-state index is 0.128. The van der Waals surface area contributed by atoms with Gasteiger partial charge in [-0.15, -0.1) is 0 Å². The molecule has 0 radical (unpaired) electrons. The van der Waals surface area contributed by atoms with Crippen LogP contribution in [-0.2, 0) is 30.5 Å². The molecule has 1 aromatic heterocycles. The van der Waals surface area contributed by atoms with E-state index < -0.39 is 5.97 Å². The van der Waals surface area contributed by atoms with Crippen LogP contribution < -0.4 is 0 Å². The van der Waals surface area contributed by atoms with Gasteiger partial charge >= 0.3 is 5.97 Å². The fourth-order valence-electron chi connectivity index (χ4n) is 3.58. The maximum absolute atomic E-state index is 12.9. The van der Waals surface area contributed by atoms with E-state index in [-0.39, 0.29) is 22.8 Å². The van der Waals surface area contributed by atoms with Crippen LogP contribution in [0.15, 0.2) is 52.9 Å². The lowest BCUT2D eigenvalue weighted by Crippen LogP contribution is -2.35. The molecule has 0 spiro atoms. The number of rotatable bonds is 5. The van der Waals surface area contributed by atoms with Crippen molar-refractivity contribution in [1.29, 1.82) is 0 Å². The van der Waals surface area contributed by atoms with E-state index in [2.05, 4.69) is 21.9 Å². The molecule has 0 saturated heterocycles. The van der Waals surface area contributed by atoms with Crippen LogP contribution in [0.3, 0.4) is 0 Å². The van der Waals surface area contributed by atoms with Gasteiger partial charge in [-0.05, 0) is 30.2 Å². The number of phenolic OH excluding ortho intramolecular Hbond substituents is 1. The van der Waals surface area contributed by atoms with E-state index in [1.807, 2.05) is 18.2 Å². The molecule has 7 heteroatoms. The number of aromatic nitrogens is 1. The lowest BCUT2D eigenvalue weighted by molar-refractivity contribution is 0.0600. The number of fused-ring (bicyclic) bond motifs is 1. The third-order valence-electron chi connectivity index (χ3n) is 5.12. The lowest BCUT2D eigenvalue weighted by atomic mass is 10.1. The van der Waals surface area contributed by atoms with Gasteiger partial charge in [-0.25, -0.2) is 9.78 Å². The number of carbonyl (C=O) groups is 2. The molecule has 3 aromatic rings. The van der Waals surface area contributed by atoms with Gasteiger partial charge in [0.25, 0.3) is 5.91 Å². The van der Waals surface area contributed by atoms with Gasteiger partial charge in [0.15, 0.2) is 5.89 Å². The van der Waals surface area contributed by atoms with Crippen molar-refractivity contribution in [2.75, 3.05) is 13.7 Å². The van der Waals surface area contributed by atoms with Crippen LogP contribution in [0.5, 0.6) is 5.75 Å².